The molecule has 0 radical (unpaired) electrons. The van der Waals surface area contributed by atoms with Crippen LogP contribution in [0.1, 0.15) is 18.5 Å². The highest BCUT2D eigenvalue weighted by Crippen LogP contribution is 2.13. The molecular weight excluding hydrogens is 316 g/mol. The second-order valence-corrected chi connectivity index (χ2v) is 5.55. The SMILES string of the molecule is CNC(=O)C(NC(=O)CN1CCNC[C@@H]1C)c1ccccc1.Cl. The highest BCUT2D eigenvalue weighted by molar-refractivity contribution is 5.89. The Hall–Kier alpha value is -1.63. The van der Waals surface area contributed by atoms with Gasteiger partial charge in [-0.05, 0) is 12.5 Å². The number of benzene rings is 1. The monoisotopic (exact) mass is 340 g/mol. The predicted octanol–water partition coefficient (Wildman–Crippen LogP) is 0.305. The number of piperazine rings is 1. The fraction of sp³-hybridized carbons (Fsp3) is 0.500. The van der Waals surface area contributed by atoms with Gasteiger partial charge in [0.2, 0.25) is 11.8 Å². The van der Waals surface area contributed by atoms with Gasteiger partial charge in [-0.25, -0.2) is 0 Å². The minimum atomic E-state index is -0.656. The topological polar surface area (TPSA) is 73.5 Å². The van der Waals surface area contributed by atoms with Crippen LogP contribution in [0.25, 0.3) is 0 Å². The summed E-state index contributed by atoms with van der Waals surface area (Å²) in [4.78, 5) is 26.5. The van der Waals surface area contributed by atoms with Gasteiger partial charge in [-0.1, -0.05) is 30.3 Å². The van der Waals surface area contributed by atoms with Gasteiger partial charge in [0, 0.05) is 32.7 Å². The lowest BCUT2D eigenvalue weighted by Gasteiger charge is -2.33. The average Bonchev–Trinajstić information content (AvgIpc) is 2.55. The zero-order chi connectivity index (χ0) is 15.9. The van der Waals surface area contributed by atoms with Gasteiger partial charge < -0.3 is 16.0 Å². The van der Waals surface area contributed by atoms with Crippen molar-refractivity contribution < 1.29 is 9.59 Å². The third-order valence-corrected chi connectivity index (χ3v) is 3.93. The van der Waals surface area contributed by atoms with E-state index in [4.69, 9.17) is 0 Å². The van der Waals surface area contributed by atoms with Crippen LogP contribution in [0.4, 0.5) is 0 Å². The van der Waals surface area contributed by atoms with Crippen molar-refractivity contribution in [3.63, 3.8) is 0 Å². The first-order valence-electron chi connectivity index (χ1n) is 7.62. The number of hydrogen-bond donors (Lipinski definition) is 3. The Labute approximate surface area is 143 Å². The number of carbonyl (C=O) groups is 2. The molecule has 1 heterocycles. The van der Waals surface area contributed by atoms with E-state index in [9.17, 15) is 9.59 Å². The molecule has 0 aliphatic carbocycles. The Bertz CT molecular complexity index is 512. The zero-order valence-electron chi connectivity index (χ0n) is 13.5. The summed E-state index contributed by atoms with van der Waals surface area (Å²) in [5.74, 6) is -0.348. The van der Waals surface area contributed by atoms with Crippen LogP contribution in [0.2, 0.25) is 0 Å². The van der Waals surface area contributed by atoms with Crippen molar-refractivity contribution in [3.8, 4) is 0 Å². The molecule has 6 nitrogen and oxygen atoms in total. The summed E-state index contributed by atoms with van der Waals surface area (Å²) in [6, 6.07) is 8.94. The second-order valence-electron chi connectivity index (χ2n) is 5.55. The van der Waals surface area contributed by atoms with E-state index in [2.05, 4.69) is 27.8 Å². The van der Waals surface area contributed by atoms with Gasteiger partial charge >= 0.3 is 0 Å². The first-order chi connectivity index (χ1) is 10.6. The van der Waals surface area contributed by atoms with Crippen molar-refractivity contribution in [2.75, 3.05) is 33.2 Å². The van der Waals surface area contributed by atoms with Gasteiger partial charge in [-0.2, -0.15) is 0 Å². The lowest BCUT2D eigenvalue weighted by Crippen LogP contribution is -2.53. The van der Waals surface area contributed by atoms with Crippen LogP contribution in [0.5, 0.6) is 0 Å². The van der Waals surface area contributed by atoms with Gasteiger partial charge in [-0.15, -0.1) is 12.4 Å². The predicted molar refractivity (Wildman–Crippen MR) is 92.5 cm³/mol. The number of carbonyl (C=O) groups excluding carboxylic acids is 2. The zero-order valence-corrected chi connectivity index (χ0v) is 14.4. The Kier molecular flexibility index (Phi) is 8.02. The van der Waals surface area contributed by atoms with E-state index in [1.807, 2.05) is 30.3 Å². The lowest BCUT2D eigenvalue weighted by atomic mass is 10.1. The molecule has 2 atom stereocenters. The minimum Gasteiger partial charge on any atom is -0.357 e. The summed E-state index contributed by atoms with van der Waals surface area (Å²) in [7, 11) is 1.57. The normalized spacial score (nSPS) is 19.3. The summed E-state index contributed by atoms with van der Waals surface area (Å²) in [5, 5.41) is 8.74. The van der Waals surface area contributed by atoms with Crippen LogP contribution in [0.3, 0.4) is 0 Å². The molecule has 1 aromatic rings. The Morgan fingerprint density at radius 3 is 2.65 bits per heavy atom. The van der Waals surface area contributed by atoms with Crippen molar-refractivity contribution in [2.24, 2.45) is 0 Å². The number of amides is 2. The molecular formula is C16H25ClN4O2. The highest BCUT2D eigenvalue weighted by Gasteiger charge is 2.25. The molecule has 2 amide bonds. The first-order valence-corrected chi connectivity index (χ1v) is 7.62. The molecule has 1 saturated heterocycles. The number of nitrogens with zero attached hydrogens (tertiary/aromatic N) is 1. The van der Waals surface area contributed by atoms with Crippen LogP contribution in [-0.2, 0) is 9.59 Å². The number of hydrogen-bond acceptors (Lipinski definition) is 4. The molecule has 0 bridgehead atoms. The van der Waals surface area contributed by atoms with E-state index in [0.717, 1.165) is 25.2 Å². The van der Waals surface area contributed by atoms with Crippen molar-refractivity contribution >= 4 is 24.2 Å². The van der Waals surface area contributed by atoms with Gasteiger partial charge in [-0.3, -0.25) is 14.5 Å². The first kappa shape index (κ1) is 19.4. The molecule has 1 fully saturated rings. The van der Waals surface area contributed by atoms with Crippen molar-refractivity contribution in [2.45, 2.75) is 19.0 Å². The second kappa shape index (κ2) is 9.50. The largest absolute Gasteiger partial charge is 0.357 e. The number of rotatable bonds is 5. The highest BCUT2D eigenvalue weighted by atomic mass is 35.5. The maximum absolute atomic E-state index is 12.3. The molecule has 1 aliphatic rings. The molecule has 7 heteroatoms. The number of halogens is 1. The fourth-order valence-electron chi connectivity index (χ4n) is 2.60. The third-order valence-electron chi connectivity index (χ3n) is 3.93. The molecule has 0 spiro atoms. The number of likely N-dealkylation sites (N-methyl/N-ethyl adjacent to an activating group) is 1. The van der Waals surface area contributed by atoms with Gasteiger partial charge in [0.25, 0.3) is 0 Å². The smallest absolute Gasteiger partial charge is 0.246 e. The van der Waals surface area contributed by atoms with Gasteiger partial charge in [0.1, 0.15) is 6.04 Å². The molecule has 3 N–H and O–H groups in total. The Morgan fingerprint density at radius 2 is 2.04 bits per heavy atom. The number of nitrogens with one attached hydrogen (secondary N) is 3. The summed E-state index contributed by atoms with van der Waals surface area (Å²) in [6.07, 6.45) is 0. The van der Waals surface area contributed by atoms with E-state index in [1.54, 1.807) is 7.05 Å². The van der Waals surface area contributed by atoms with E-state index in [-0.39, 0.29) is 24.2 Å². The minimum absolute atomic E-state index is 0. The van der Waals surface area contributed by atoms with Crippen LogP contribution >= 0.6 is 12.4 Å². The van der Waals surface area contributed by atoms with Gasteiger partial charge in [0.15, 0.2) is 0 Å². The Morgan fingerprint density at radius 1 is 1.35 bits per heavy atom. The van der Waals surface area contributed by atoms with Crippen molar-refractivity contribution in [1.82, 2.24) is 20.9 Å². The standard InChI is InChI=1S/C16H24N4O2.ClH/c1-12-10-18-8-9-20(12)11-14(21)19-15(16(22)17-2)13-6-4-3-5-7-13;/h3-7,12,15,18H,8-11H2,1-2H3,(H,17,22)(H,19,21);1H/t12-,15?;/m0./s1. The molecule has 23 heavy (non-hydrogen) atoms. The Balaban J connectivity index is 0.00000264. The quantitative estimate of drug-likeness (QED) is 0.721. The average molecular weight is 341 g/mol. The summed E-state index contributed by atoms with van der Waals surface area (Å²) >= 11 is 0. The van der Waals surface area contributed by atoms with Crippen LogP contribution in [0, 0.1) is 0 Å². The van der Waals surface area contributed by atoms with E-state index >= 15 is 0 Å². The molecule has 1 unspecified atom stereocenters. The van der Waals surface area contributed by atoms with Crippen LogP contribution < -0.4 is 16.0 Å². The molecule has 1 aliphatic heterocycles. The molecule has 0 saturated carbocycles. The maximum atomic E-state index is 12.3. The summed E-state index contributed by atoms with van der Waals surface area (Å²) in [6.45, 7) is 5.00. The molecule has 128 valence electrons. The van der Waals surface area contributed by atoms with Crippen molar-refractivity contribution in [3.05, 3.63) is 35.9 Å². The fourth-order valence-corrected chi connectivity index (χ4v) is 2.60. The molecule has 2 rings (SSSR count). The lowest BCUT2D eigenvalue weighted by molar-refractivity contribution is -0.129. The van der Waals surface area contributed by atoms with Gasteiger partial charge in [0.05, 0.1) is 6.54 Å². The maximum Gasteiger partial charge on any atom is 0.246 e. The van der Waals surface area contributed by atoms with Crippen molar-refractivity contribution in [1.29, 1.82) is 0 Å². The molecule has 0 aromatic heterocycles. The van der Waals surface area contributed by atoms with E-state index < -0.39 is 6.04 Å². The van der Waals surface area contributed by atoms with E-state index in [1.165, 1.54) is 0 Å². The van der Waals surface area contributed by atoms with Crippen LogP contribution in [-0.4, -0.2) is 56.0 Å². The summed E-state index contributed by atoms with van der Waals surface area (Å²) < 4.78 is 0. The third kappa shape index (κ3) is 5.49. The van der Waals surface area contributed by atoms with E-state index in [0.29, 0.717) is 12.6 Å². The molecule has 1 aromatic carbocycles. The summed E-state index contributed by atoms with van der Waals surface area (Å²) in [5.41, 5.74) is 0.781. The van der Waals surface area contributed by atoms with Crippen LogP contribution in [0.15, 0.2) is 30.3 Å².